The molecule has 0 unspecified atom stereocenters. The average Bonchev–Trinajstić information content (AvgIpc) is 2.64. The van der Waals surface area contributed by atoms with Gasteiger partial charge in [0.15, 0.2) is 17.3 Å². The van der Waals surface area contributed by atoms with Crippen LogP contribution in [0.1, 0.15) is 74.9 Å². The van der Waals surface area contributed by atoms with Gasteiger partial charge in [0.2, 0.25) is 5.78 Å². The summed E-state index contributed by atoms with van der Waals surface area (Å²) < 4.78 is 5.43. The Morgan fingerprint density at radius 1 is 1.13 bits per heavy atom. The monoisotopic (exact) mass is 420 g/mol. The number of esters is 1. The molecular weight excluding hydrogens is 392 g/mol. The number of aromatic hydroxyl groups is 3. The van der Waals surface area contributed by atoms with E-state index in [0.717, 1.165) is 0 Å². The normalized spacial score (nSPS) is 26.1. The van der Waals surface area contributed by atoms with Crippen LogP contribution in [0.4, 0.5) is 0 Å². The van der Waals surface area contributed by atoms with Gasteiger partial charge in [0, 0.05) is 41.4 Å². The first-order chi connectivity index (χ1) is 13.8. The summed E-state index contributed by atoms with van der Waals surface area (Å²) in [5, 5.41) is 52.7. The number of Topliss-reactive ketones (excluding diaryl/α,β-unsaturated/α-hetero) is 1. The van der Waals surface area contributed by atoms with Crippen LogP contribution in [-0.2, 0) is 14.9 Å². The van der Waals surface area contributed by atoms with Crippen molar-refractivity contribution < 1.29 is 39.9 Å². The highest BCUT2D eigenvalue weighted by Gasteiger charge is 2.57. The third-order valence-corrected chi connectivity index (χ3v) is 6.67. The van der Waals surface area contributed by atoms with Crippen LogP contribution in [0.3, 0.4) is 0 Å². The summed E-state index contributed by atoms with van der Waals surface area (Å²) in [5.41, 5.74) is -2.19. The Balaban J connectivity index is 2.34. The molecule has 3 atom stereocenters. The van der Waals surface area contributed by atoms with Crippen LogP contribution in [0.15, 0.2) is 11.3 Å². The number of fused-ring (bicyclic) bond motifs is 3. The lowest BCUT2D eigenvalue weighted by Gasteiger charge is -2.52. The summed E-state index contributed by atoms with van der Waals surface area (Å²) in [6, 6.07) is 0. The van der Waals surface area contributed by atoms with Gasteiger partial charge in [-0.2, -0.15) is 0 Å². The Kier molecular flexibility index (Phi) is 5.05. The van der Waals surface area contributed by atoms with E-state index in [1.165, 1.54) is 13.8 Å². The first kappa shape index (κ1) is 22.0. The number of phenolic OH excluding ortho intramolecular Hbond substituents is 3. The molecule has 30 heavy (non-hydrogen) atoms. The van der Waals surface area contributed by atoms with Gasteiger partial charge in [0.05, 0.1) is 5.56 Å². The largest absolute Gasteiger partial charge is 0.507 e. The van der Waals surface area contributed by atoms with E-state index in [2.05, 4.69) is 0 Å². The molecule has 1 fully saturated rings. The van der Waals surface area contributed by atoms with Crippen molar-refractivity contribution in [1.82, 2.24) is 0 Å². The number of rotatable bonds is 3. The van der Waals surface area contributed by atoms with Crippen molar-refractivity contribution >= 4 is 11.8 Å². The number of benzene rings is 1. The van der Waals surface area contributed by atoms with E-state index in [0.29, 0.717) is 6.42 Å². The summed E-state index contributed by atoms with van der Waals surface area (Å²) in [6.07, 6.45) is 0.0612. The molecule has 0 aliphatic heterocycles. The highest BCUT2D eigenvalue weighted by atomic mass is 16.5. The van der Waals surface area contributed by atoms with Crippen molar-refractivity contribution in [3.8, 4) is 17.2 Å². The predicted octanol–water partition coefficient (Wildman–Crippen LogP) is 2.92. The van der Waals surface area contributed by atoms with E-state index in [1.807, 2.05) is 0 Å². The van der Waals surface area contributed by atoms with Gasteiger partial charge < -0.3 is 30.3 Å². The van der Waals surface area contributed by atoms with Gasteiger partial charge in [-0.3, -0.25) is 9.59 Å². The predicted molar refractivity (Wildman–Crippen MR) is 107 cm³/mol. The summed E-state index contributed by atoms with van der Waals surface area (Å²) in [4.78, 5) is 24.7. The van der Waals surface area contributed by atoms with Gasteiger partial charge in [-0.25, -0.2) is 0 Å². The summed E-state index contributed by atoms with van der Waals surface area (Å²) in [6.45, 7) is 7.55. The third-order valence-electron chi connectivity index (χ3n) is 6.67. The van der Waals surface area contributed by atoms with Crippen LogP contribution < -0.4 is 0 Å². The van der Waals surface area contributed by atoms with Gasteiger partial charge in [0.1, 0.15) is 11.9 Å². The van der Waals surface area contributed by atoms with E-state index in [4.69, 9.17) is 4.74 Å². The minimum atomic E-state index is -1.10. The zero-order chi connectivity index (χ0) is 22.8. The molecule has 2 aliphatic rings. The lowest BCUT2D eigenvalue weighted by molar-refractivity contribution is -0.153. The van der Waals surface area contributed by atoms with E-state index in [-0.39, 0.29) is 28.7 Å². The van der Waals surface area contributed by atoms with Crippen LogP contribution >= 0.6 is 0 Å². The number of carbonyl (C=O) groups is 2. The van der Waals surface area contributed by atoms with Crippen molar-refractivity contribution in [2.45, 2.75) is 64.9 Å². The Bertz CT molecular complexity index is 974. The molecule has 0 spiro atoms. The molecule has 8 nitrogen and oxygen atoms in total. The number of hydrogen-bond acceptors (Lipinski definition) is 8. The maximum Gasteiger partial charge on any atom is 0.302 e. The minimum absolute atomic E-state index is 0.0264. The average molecular weight is 420 g/mol. The lowest BCUT2D eigenvalue weighted by atomic mass is 9.53. The smallest absolute Gasteiger partial charge is 0.302 e. The molecule has 0 amide bonds. The molecule has 0 heterocycles. The Labute approximate surface area is 174 Å². The van der Waals surface area contributed by atoms with E-state index in [9.17, 15) is 35.1 Å². The van der Waals surface area contributed by atoms with Gasteiger partial charge in [0.25, 0.3) is 0 Å². The standard InChI is InChI=1S/C22H28O8/c1-9(8-23)12-15(25)13-14(18(28)16(12)26)22(5)7-6-11(30-10(2)24)21(3,4)20(22)19(29)17(13)27/h9,11,23,25-26,28-29H,6-8H2,1-5H3/t9-,11-,22+/m1/s1. The highest BCUT2D eigenvalue weighted by Crippen LogP contribution is 2.61. The second-order valence-corrected chi connectivity index (χ2v) is 9.04. The van der Waals surface area contributed by atoms with Crippen LogP contribution in [0.2, 0.25) is 0 Å². The lowest BCUT2D eigenvalue weighted by Crippen LogP contribution is -2.50. The van der Waals surface area contributed by atoms with Crippen molar-refractivity contribution in [2.75, 3.05) is 6.61 Å². The molecule has 2 aliphatic carbocycles. The molecular formula is C22H28O8. The van der Waals surface area contributed by atoms with Gasteiger partial charge >= 0.3 is 5.97 Å². The second-order valence-electron chi connectivity index (χ2n) is 9.04. The number of ketones is 1. The Hall–Kier alpha value is -2.74. The Morgan fingerprint density at radius 2 is 1.73 bits per heavy atom. The molecule has 1 saturated carbocycles. The van der Waals surface area contributed by atoms with E-state index < -0.39 is 64.2 Å². The molecule has 8 heteroatoms. The third kappa shape index (κ3) is 2.77. The van der Waals surface area contributed by atoms with Crippen molar-refractivity contribution in [3.63, 3.8) is 0 Å². The minimum Gasteiger partial charge on any atom is -0.507 e. The van der Waals surface area contributed by atoms with Crippen LogP contribution in [0.25, 0.3) is 0 Å². The van der Waals surface area contributed by atoms with Gasteiger partial charge in [-0.1, -0.05) is 27.7 Å². The second kappa shape index (κ2) is 6.91. The molecule has 0 saturated heterocycles. The van der Waals surface area contributed by atoms with Crippen LogP contribution in [0, 0.1) is 5.41 Å². The summed E-state index contributed by atoms with van der Waals surface area (Å²) in [5.74, 6) is -4.46. The number of hydrogen-bond donors (Lipinski definition) is 5. The topological polar surface area (TPSA) is 145 Å². The fraction of sp³-hybridized carbons (Fsp3) is 0.545. The number of carbonyl (C=O) groups excluding carboxylic acids is 2. The highest BCUT2D eigenvalue weighted by molar-refractivity contribution is 6.13. The van der Waals surface area contributed by atoms with Gasteiger partial charge in [-0.15, -0.1) is 0 Å². The molecule has 0 radical (unpaired) electrons. The molecule has 1 aromatic carbocycles. The number of aliphatic hydroxyl groups excluding tert-OH is 2. The summed E-state index contributed by atoms with van der Waals surface area (Å²) >= 11 is 0. The fourth-order valence-electron chi connectivity index (χ4n) is 5.28. The quantitative estimate of drug-likeness (QED) is 0.285. The zero-order valence-corrected chi connectivity index (χ0v) is 17.7. The first-order valence-electron chi connectivity index (χ1n) is 9.88. The van der Waals surface area contributed by atoms with Crippen molar-refractivity contribution in [3.05, 3.63) is 28.0 Å². The molecule has 164 valence electrons. The number of aliphatic hydroxyl groups is 2. The Morgan fingerprint density at radius 3 is 2.27 bits per heavy atom. The molecule has 5 N–H and O–H groups in total. The fourth-order valence-corrected chi connectivity index (χ4v) is 5.28. The molecule has 3 rings (SSSR count). The number of ether oxygens (including phenoxy) is 1. The van der Waals surface area contributed by atoms with Crippen molar-refractivity contribution in [2.24, 2.45) is 5.41 Å². The summed E-state index contributed by atoms with van der Waals surface area (Å²) in [7, 11) is 0. The maximum absolute atomic E-state index is 13.1. The first-order valence-corrected chi connectivity index (χ1v) is 9.88. The SMILES string of the molecule is CC(=O)O[C@@H]1CC[C@]2(C)C(=C(O)C(=O)c3c(O)c([C@H](C)CO)c(O)c(O)c32)C1(C)C. The maximum atomic E-state index is 13.1. The van der Waals surface area contributed by atoms with Gasteiger partial charge in [-0.05, 0) is 18.4 Å². The number of allylic oxidation sites excluding steroid dienone is 1. The molecule has 1 aromatic rings. The zero-order valence-electron chi connectivity index (χ0n) is 17.7. The van der Waals surface area contributed by atoms with E-state index >= 15 is 0 Å². The van der Waals surface area contributed by atoms with Crippen LogP contribution in [-0.4, -0.2) is 50.0 Å². The van der Waals surface area contributed by atoms with Crippen molar-refractivity contribution in [1.29, 1.82) is 0 Å². The molecule has 0 aromatic heterocycles. The van der Waals surface area contributed by atoms with E-state index in [1.54, 1.807) is 20.8 Å². The molecule has 0 bridgehead atoms. The van der Waals surface area contributed by atoms with Crippen LogP contribution in [0.5, 0.6) is 17.2 Å². The number of phenols is 3.